The van der Waals surface area contributed by atoms with Crippen molar-refractivity contribution in [3.05, 3.63) is 64.7 Å². The molecule has 42 heavy (non-hydrogen) atoms. The van der Waals surface area contributed by atoms with E-state index in [1.54, 1.807) is 14.2 Å². The molecular weight excluding hydrogens is 571 g/mol. The first-order valence-electron chi connectivity index (χ1n) is 14.2. The maximum absolute atomic E-state index is 12.7. The zero-order chi connectivity index (χ0) is 30.1. The molecule has 11 heteroatoms. The number of thioether (sulfide) groups is 1. The van der Waals surface area contributed by atoms with Gasteiger partial charge in [0.25, 0.3) is 5.91 Å². The highest BCUT2D eigenvalue weighted by molar-refractivity contribution is 8.14. The van der Waals surface area contributed by atoms with Crippen LogP contribution in [0.15, 0.2) is 53.5 Å². The Morgan fingerprint density at radius 3 is 2.33 bits per heavy atom. The Labute approximate surface area is 255 Å². The van der Waals surface area contributed by atoms with Crippen molar-refractivity contribution in [2.75, 3.05) is 19.5 Å². The van der Waals surface area contributed by atoms with Gasteiger partial charge in [0, 0.05) is 22.3 Å². The molecule has 3 N–H and O–H groups in total. The fourth-order valence-corrected chi connectivity index (χ4v) is 7.63. The fraction of sp³-hybridized carbons (Fsp3) is 0.452. The number of carbonyl (C=O) groups is 2. The zero-order valence-corrected chi connectivity index (χ0v) is 26.2. The number of carbonyl (C=O) groups excluding carboxylic acids is 2. The predicted octanol–water partition coefficient (Wildman–Crippen LogP) is 5.85. The van der Waals surface area contributed by atoms with E-state index in [-0.39, 0.29) is 35.8 Å². The summed E-state index contributed by atoms with van der Waals surface area (Å²) in [7, 11) is 3.18. The Balaban J connectivity index is 1.35. The van der Waals surface area contributed by atoms with E-state index in [1.807, 2.05) is 48.5 Å². The Morgan fingerprint density at radius 1 is 1.05 bits per heavy atom. The molecule has 4 rings (SSSR count). The first-order valence-corrected chi connectivity index (χ1v) is 15.9. The van der Waals surface area contributed by atoms with Crippen molar-refractivity contribution in [3.8, 4) is 11.5 Å². The van der Waals surface area contributed by atoms with Gasteiger partial charge < -0.3 is 20.5 Å². The largest absolute Gasteiger partial charge is 0.496 e. The number of aromatic nitrogens is 2. The number of para-hydroxylation sites is 2. The van der Waals surface area contributed by atoms with Crippen LogP contribution in [0.5, 0.6) is 11.5 Å². The van der Waals surface area contributed by atoms with Gasteiger partial charge in [-0.05, 0) is 43.2 Å². The molecule has 2 amide bonds. The molecular formula is C31H39N5O4S2. The van der Waals surface area contributed by atoms with Gasteiger partial charge in [-0.15, -0.1) is 10.2 Å². The number of methoxy groups -OCH3 is 2. The predicted molar refractivity (Wildman–Crippen MR) is 169 cm³/mol. The average Bonchev–Trinajstić information content (AvgIpc) is 3.66. The third kappa shape index (κ3) is 8.32. The lowest BCUT2D eigenvalue weighted by molar-refractivity contribution is -0.117. The molecule has 4 atom stereocenters. The lowest BCUT2D eigenvalue weighted by Crippen LogP contribution is -2.27. The Bertz CT molecular complexity index is 1390. The van der Waals surface area contributed by atoms with E-state index in [9.17, 15) is 9.59 Å². The molecule has 9 nitrogen and oxygen atoms in total. The van der Waals surface area contributed by atoms with Gasteiger partial charge in [0.1, 0.15) is 16.5 Å². The number of amidine groups is 1. The van der Waals surface area contributed by atoms with Crippen LogP contribution in [0.4, 0.5) is 5.13 Å². The second kappa shape index (κ2) is 15.2. The van der Waals surface area contributed by atoms with E-state index >= 15 is 0 Å². The molecule has 0 radical (unpaired) electrons. The Hall–Kier alpha value is -3.44. The second-order valence-electron chi connectivity index (χ2n) is 10.6. The van der Waals surface area contributed by atoms with E-state index in [2.05, 4.69) is 34.4 Å². The summed E-state index contributed by atoms with van der Waals surface area (Å²) in [5.74, 6) is 1.97. The number of nitrogens with zero attached hydrogens (tertiary/aromatic N) is 3. The quantitative estimate of drug-likeness (QED) is 0.193. The highest BCUT2D eigenvalue weighted by Gasteiger charge is 2.36. The molecule has 1 saturated carbocycles. The topological polar surface area (TPSA) is 129 Å². The molecule has 4 unspecified atom stereocenters. The van der Waals surface area contributed by atoms with Crippen molar-refractivity contribution in [1.29, 1.82) is 0 Å². The van der Waals surface area contributed by atoms with Crippen LogP contribution in [-0.2, 0) is 22.4 Å². The van der Waals surface area contributed by atoms with Crippen molar-refractivity contribution >= 4 is 45.2 Å². The van der Waals surface area contributed by atoms with Gasteiger partial charge in [0.05, 0.1) is 27.1 Å². The number of nitrogens with one attached hydrogen (secondary N) is 1. The van der Waals surface area contributed by atoms with Crippen LogP contribution in [0.25, 0.3) is 0 Å². The van der Waals surface area contributed by atoms with Gasteiger partial charge in [0.15, 0.2) is 5.17 Å². The maximum Gasteiger partial charge on any atom is 0.252 e. The van der Waals surface area contributed by atoms with E-state index < -0.39 is 0 Å². The number of aliphatic imine (C=N–C) groups is 1. The van der Waals surface area contributed by atoms with E-state index in [0.717, 1.165) is 41.8 Å². The summed E-state index contributed by atoms with van der Waals surface area (Å²) in [6, 6.07) is 14.9. The molecule has 0 aliphatic heterocycles. The summed E-state index contributed by atoms with van der Waals surface area (Å²) >= 11 is 2.95. The molecule has 0 saturated heterocycles. The summed E-state index contributed by atoms with van der Waals surface area (Å²) in [6.45, 7) is 4.41. The summed E-state index contributed by atoms with van der Waals surface area (Å²) < 4.78 is 10.7. The summed E-state index contributed by atoms with van der Waals surface area (Å²) in [5.41, 5.74) is 7.93. The van der Waals surface area contributed by atoms with Gasteiger partial charge in [-0.1, -0.05) is 79.8 Å². The SMILES string of the molecule is CCC(C)C(SC(N)=NC(=O)Cc1ccccc1OC)C1CCC(c2nnc(NC(=O)Cc3ccccc3OC)s2)C1. The molecule has 2 aromatic carbocycles. The smallest absolute Gasteiger partial charge is 0.252 e. The highest BCUT2D eigenvalue weighted by Crippen LogP contribution is 2.46. The van der Waals surface area contributed by atoms with Gasteiger partial charge in [-0.2, -0.15) is 4.99 Å². The number of anilines is 1. The Kier molecular flexibility index (Phi) is 11.4. The number of hydrogen-bond donors (Lipinski definition) is 2. The Morgan fingerprint density at radius 2 is 1.69 bits per heavy atom. The number of ether oxygens (including phenoxy) is 2. The lowest BCUT2D eigenvalue weighted by atomic mass is 9.91. The van der Waals surface area contributed by atoms with Crippen molar-refractivity contribution in [3.63, 3.8) is 0 Å². The third-order valence-electron chi connectivity index (χ3n) is 7.75. The molecule has 1 aromatic heterocycles. The highest BCUT2D eigenvalue weighted by atomic mass is 32.2. The number of benzene rings is 2. The van der Waals surface area contributed by atoms with Crippen LogP contribution in [0, 0.1) is 11.8 Å². The van der Waals surface area contributed by atoms with Gasteiger partial charge in [0.2, 0.25) is 11.0 Å². The standard InChI is InChI=1S/C31H39N5O4S2/c1-5-19(2)28(41-30(32)33-26(37)17-20-10-6-8-12-24(20)39-3)22-14-15-23(16-22)29-35-36-31(42-29)34-27(38)18-21-11-7-9-13-25(21)40-4/h6-13,19,22-23,28H,5,14-18H2,1-4H3,(H2,32,33,37)(H,34,36,38). The van der Waals surface area contributed by atoms with Crippen LogP contribution in [0.3, 0.4) is 0 Å². The summed E-state index contributed by atoms with van der Waals surface area (Å²) in [5, 5.41) is 13.5. The molecule has 3 aromatic rings. The first-order chi connectivity index (χ1) is 20.3. The molecule has 1 heterocycles. The molecule has 1 fully saturated rings. The van der Waals surface area contributed by atoms with Crippen molar-refractivity contribution < 1.29 is 19.1 Å². The van der Waals surface area contributed by atoms with Crippen LogP contribution in [0.1, 0.15) is 61.6 Å². The van der Waals surface area contributed by atoms with Crippen LogP contribution < -0.4 is 20.5 Å². The van der Waals surface area contributed by atoms with Crippen LogP contribution >= 0.6 is 23.1 Å². The summed E-state index contributed by atoms with van der Waals surface area (Å²) in [6.07, 6.45) is 4.31. The van der Waals surface area contributed by atoms with Gasteiger partial charge in [-0.25, -0.2) is 0 Å². The molecule has 0 spiro atoms. The van der Waals surface area contributed by atoms with E-state index in [0.29, 0.717) is 33.6 Å². The molecule has 224 valence electrons. The molecule has 0 bridgehead atoms. The van der Waals surface area contributed by atoms with Gasteiger partial charge in [-0.3, -0.25) is 9.59 Å². The summed E-state index contributed by atoms with van der Waals surface area (Å²) in [4.78, 5) is 29.6. The van der Waals surface area contributed by atoms with Gasteiger partial charge >= 0.3 is 0 Å². The third-order valence-corrected chi connectivity index (χ3v) is 10.2. The van der Waals surface area contributed by atoms with E-state index in [1.165, 1.54) is 23.1 Å². The molecule has 1 aliphatic rings. The fourth-order valence-electron chi connectivity index (χ4n) is 5.42. The number of nitrogens with two attached hydrogens (primary N) is 1. The lowest BCUT2D eigenvalue weighted by Gasteiger charge is -2.28. The second-order valence-corrected chi connectivity index (χ2v) is 12.8. The van der Waals surface area contributed by atoms with Crippen molar-refractivity contribution in [2.45, 2.75) is 63.5 Å². The maximum atomic E-state index is 12.7. The number of hydrogen-bond acceptors (Lipinski definition) is 8. The van der Waals surface area contributed by atoms with Crippen molar-refractivity contribution in [2.24, 2.45) is 22.6 Å². The van der Waals surface area contributed by atoms with Crippen LogP contribution in [-0.4, -0.2) is 46.6 Å². The minimum atomic E-state index is -0.286. The van der Waals surface area contributed by atoms with Crippen LogP contribution in [0.2, 0.25) is 0 Å². The average molecular weight is 610 g/mol. The first kappa shape index (κ1) is 31.5. The van der Waals surface area contributed by atoms with E-state index in [4.69, 9.17) is 15.2 Å². The normalized spacial score (nSPS) is 18.3. The van der Waals surface area contributed by atoms with Crippen molar-refractivity contribution in [1.82, 2.24) is 10.2 Å². The monoisotopic (exact) mass is 609 g/mol. The number of amides is 2. The molecule has 1 aliphatic carbocycles. The number of rotatable bonds is 12. The minimum absolute atomic E-state index is 0.138. The zero-order valence-electron chi connectivity index (χ0n) is 24.5. The minimum Gasteiger partial charge on any atom is -0.496 e.